The highest BCUT2D eigenvalue weighted by Gasteiger charge is 2.24. The molecule has 2 nitrogen and oxygen atoms in total. The van der Waals surface area contributed by atoms with Crippen molar-refractivity contribution >= 4 is 5.69 Å². The maximum absolute atomic E-state index is 10.0. The Labute approximate surface area is 103 Å². The van der Waals surface area contributed by atoms with E-state index >= 15 is 0 Å². The Morgan fingerprint density at radius 3 is 2.29 bits per heavy atom. The van der Waals surface area contributed by atoms with Gasteiger partial charge in [0.15, 0.2) is 0 Å². The topological polar surface area (TPSA) is 23.5 Å². The van der Waals surface area contributed by atoms with Gasteiger partial charge in [0.1, 0.15) is 0 Å². The molecule has 17 heavy (non-hydrogen) atoms. The molecular formula is C15H21NO. The first-order chi connectivity index (χ1) is 8.29. The van der Waals surface area contributed by atoms with Gasteiger partial charge in [-0.3, -0.25) is 0 Å². The van der Waals surface area contributed by atoms with E-state index < -0.39 is 0 Å². The molecule has 1 unspecified atom stereocenters. The molecular weight excluding hydrogens is 210 g/mol. The van der Waals surface area contributed by atoms with Crippen molar-refractivity contribution in [2.24, 2.45) is 0 Å². The van der Waals surface area contributed by atoms with Crippen molar-refractivity contribution in [3.8, 4) is 0 Å². The molecule has 2 aliphatic rings. The average molecular weight is 231 g/mol. The third-order valence-electron chi connectivity index (χ3n) is 4.13. The van der Waals surface area contributed by atoms with Gasteiger partial charge in [0.2, 0.25) is 0 Å². The molecule has 0 fully saturated rings. The van der Waals surface area contributed by atoms with E-state index in [9.17, 15) is 5.11 Å². The van der Waals surface area contributed by atoms with Crippen molar-refractivity contribution in [2.45, 2.75) is 45.1 Å². The summed E-state index contributed by atoms with van der Waals surface area (Å²) in [5.41, 5.74) is 5.56. The van der Waals surface area contributed by atoms with Crippen LogP contribution in [0.4, 0.5) is 5.69 Å². The molecule has 0 aromatic heterocycles. The van der Waals surface area contributed by atoms with E-state index in [1.165, 1.54) is 55.6 Å². The van der Waals surface area contributed by atoms with E-state index in [0.717, 1.165) is 12.0 Å². The Morgan fingerprint density at radius 2 is 1.76 bits per heavy atom. The van der Waals surface area contributed by atoms with E-state index in [-0.39, 0.29) is 6.10 Å². The third kappa shape index (κ3) is 1.85. The maximum Gasteiger partial charge on any atom is 0.0787 e. The summed E-state index contributed by atoms with van der Waals surface area (Å²) in [6, 6.07) is 4.48. The molecule has 2 heteroatoms. The summed E-state index contributed by atoms with van der Waals surface area (Å²) in [5, 5.41) is 10.0. The lowest BCUT2D eigenvalue weighted by Crippen LogP contribution is -2.34. The number of rotatable bonds is 2. The van der Waals surface area contributed by atoms with Crippen molar-refractivity contribution in [1.29, 1.82) is 0 Å². The second-order valence-corrected chi connectivity index (χ2v) is 5.31. The fourth-order valence-corrected chi connectivity index (χ4v) is 3.26. The quantitative estimate of drug-likeness (QED) is 0.846. The number of nitrogens with zero attached hydrogens (tertiary/aromatic N) is 1. The van der Waals surface area contributed by atoms with Gasteiger partial charge in [0, 0.05) is 18.8 Å². The number of anilines is 1. The summed E-state index contributed by atoms with van der Waals surface area (Å²) in [6.07, 6.45) is 5.42. The molecule has 1 aromatic rings. The summed E-state index contributed by atoms with van der Waals surface area (Å²) >= 11 is 0. The van der Waals surface area contributed by atoms with Gasteiger partial charge in [0.25, 0.3) is 0 Å². The summed E-state index contributed by atoms with van der Waals surface area (Å²) in [7, 11) is 0. The molecule has 0 aliphatic carbocycles. The monoisotopic (exact) mass is 231 g/mol. The van der Waals surface area contributed by atoms with Gasteiger partial charge in [-0.15, -0.1) is 0 Å². The van der Waals surface area contributed by atoms with E-state index in [0.29, 0.717) is 0 Å². The molecule has 0 bridgehead atoms. The summed E-state index contributed by atoms with van der Waals surface area (Å²) < 4.78 is 0. The molecule has 3 rings (SSSR count). The third-order valence-corrected chi connectivity index (χ3v) is 4.13. The van der Waals surface area contributed by atoms with Crippen LogP contribution in [0.25, 0.3) is 0 Å². The van der Waals surface area contributed by atoms with Crippen LogP contribution in [0.5, 0.6) is 0 Å². The van der Waals surface area contributed by atoms with Crippen LogP contribution in [0.3, 0.4) is 0 Å². The minimum atomic E-state index is -0.283. The van der Waals surface area contributed by atoms with Crippen LogP contribution < -0.4 is 4.90 Å². The van der Waals surface area contributed by atoms with E-state index in [1.807, 2.05) is 6.92 Å². The molecule has 2 heterocycles. The Bertz CT molecular complexity index is 396. The van der Waals surface area contributed by atoms with Crippen LogP contribution in [-0.4, -0.2) is 18.2 Å². The predicted molar refractivity (Wildman–Crippen MR) is 70.5 cm³/mol. The van der Waals surface area contributed by atoms with Crippen LogP contribution in [-0.2, 0) is 12.8 Å². The van der Waals surface area contributed by atoms with Gasteiger partial charge >= 0.3 is 0 Å². The van der Waals surface area contributed by atoms with E-state index in [2.05, 4.69) is 17.0 Å². The minimum Gasteiger partial charge on any atom is -0.388 e. The molecule has 0 saturated heterocycles. The minimum absolute atomic E-state index is 0.283. The molecule has 1 N–H and O–H groups in total. The SMILES string of the molecule is CCC(O)c1cc2c3c(c1)CCCN3CCC2. The highest BCUT2D eigenvalue weighted by atomic mass is 16.3. The number of hydrogen-bond donors (Lipinski definition) is 1. The van der Waals surface area contributed by atoms with Crippen molar-refractivity contribution < 1.29 is 5.11 Å². The van der Waals surface area contributed by atoms with Crippen LogP contribution in [0.2, 0.25) is 0 Å². The van der Waals surface area contributed by atoms with Crippen molar-refractivity contribution in [3.05, 3.63) is 28.8 Å². The van der Waals surface area contributed by atoms with Crippen LogP contribution in [0.15, 0.2) is 12.1 Å². The first-order valence-corrected chi connectivity index (χ1v) is 6.88. The second-order valence-electron chi connectivity index (χ2n) is 5.31. The second kappa shape index (κ2) is 4.34. The smallest absolute Gasteiger partial charge is 0.0787 e. The lowest BCUT2D eigenvalue weighted by molar-refractivity contribution is 0.173. The largest absolute Gasteiger partial charge is 0.388 e. The highest BCUT2D eigenvalue weighted by Crippen LogP contribution is 2.37. The van der Waals surface area contributed by atoms with Gasteiger partial charge < -0.3 is 10.0 Å². The number of aliphatic hydroxyl groups is 1. The number of aryl methyl sites for hydroxylation is 2. The normalized spacial score (nSPS) is 20.0. The molecule has 0 spiro atoms. The van der Waals surface area contributed by atoms with Gasteiger partial charge in [-0.25, -0.2) is 0 Å². The Morgan fingerprint density at radius 1 is 1.18 bits per heavy atom. The van der Waals surface area contributed by atoms with E-state index in [4.69, 9.17) is 0 Å². The molecule has 0 saturated carbocycles. The lowest BCUT2D eigenvalue weighted by Gasteiger charge is -2.37. The van der Waals surface area contributed by atoms with E-state index in [1.54, 1.807) is 0 Å². The van der Waals surface area contributed by atoms with Crippen molar-refractivity contribution in [2.75, 3.05) is 18.0 Å². The van der Waals surface area contributed by atoms with Gasteiger partial charge in [-0.2, -0.15) is 0 Å². The Hall–Kier alpha value is -1.02. The zero-order valence-electron chi connectivity index (χ0n) is 10.6. The molecule has 1 atom stereocenters. The fourth-order valence-electron chi connectivity index (χ4n) is 3.26. The molecule has 2 aliphatic heterocycles. The highest BCUT2D eigenvalue weighted by molar-refractivity contribution is 5.64. The van der Waals surface area contributed by atoms with Crippen LogP contribution in [0, 0.1) is 0 Å². The summed E-state index contributed by atoms with van der Waals surface area (Å²) in [4.78, 5) is 2.54. The first kappa shape index (κ1) is 11.1. The van der Waals surface area contributed by atoms with Crippen LogP contribution >= 0.6 is 0 Å². The molecule has 0 amide bonds. The van der Waals surface area contributed by atoms with Crippen molar-refractivity contribution in [1.82, 2.24) is 0 Å². The number of hydrogen-bond acceptors (Lipinski definition) is 2. The number of benzene rings is 1. The first-order valence-electron chi connectivity index (χ1n) is 6.88. The fraction of sp³-hybridized carbons (Fsp3) is 0.600. The predicted octanol–water partition coefficient (Wildman–Crippen LogP) is 2.83. The Balaban J connectivity index is 2.08. The molecule has 92 valence electrons. The average Bonchev–Trinajstić information content (AvgIpc) is 2.38. The maximum atomic E-state index is 10.0. The summed E-state index contributed by atoms with van der Waals surface area (Å²) in [6.45, 7) is 4.48. The summed E-state index contributed by atoms with van der Waals surface area (Å²) in [5.74, 6) is 0. The molecule has 0 radical (unpaired) electrons. The zero-order chi connectivity index (χ0) is 11.8. The zero-order valence-corrected chi connectivity index (χ0v) is 10.6. The lowest BCUT2D eigenvalue weighted by atomic mass is 9.88. The van der Waals surface area contributed by atoms with Crippen molar-refractivity contribution in [3.63, 3.8) is 0 Å². The standard InChI is InChI=1S/C15H21NO/c1-2-14(17)13-9-11-5-3-7-16-8-4-6-12(10-13)15(11)16/h9-10,14,17H,2-8H2,1H3. The van der Waals surface area contributed by atoms with Crippen LogP contribution in [0.1, 0.15) is 49.0 Å². The van der Waals surface area contributed by atoms with Gasteiger partial charge in [-0.1, -0.05) is 19.1 Å². The number of aliphatic hydroxyl groups excluding tert-OH is 1. The van der Waals surface area contributed by atoms with Gasteiger partial charge in [-0.05, 0) is 48.8 Å². The van der Waals surface area contributed by atoms with Gasteiger partial charge in [0.05, 0.1) is 6.10 Å². The molecule has 1 aromatic carbocycles. The Kier molecular flexibility index (Phi) is 2.83.